The molecule has 2 aliphatic carbocycles. The van der Waals surface area contributed by atoms with Gasteiger partial charge in [-0.2, -0.15) is 10.2 Å². The number of aromatic hydroxyl groups is 2. The van der Waals surface area contributed by atoms with E-state index in [1.807, 2.05) is 109 Å². The first-order chi connectivity index (χ1) is 35.9. The van der Waals surface area contributed by atoms with Gasteiger partial charge in [-0.3, -0.25) is 10.9 Å². The van der Waals surface area contributed by atoms with Crippen molar-refractivity contribution in [3.63, 3.8) is 0 Å². The van der Waals surface area contributed by atoms with E-state index < -0.39 is 0 Å². The van der Waals surface area contributed by atoms with E-state index >= 15 is 0 Å². The third-order valence-corrected chi connectivity index (χ3v) is 14.5. The number of benzene rings is 6. The lowest BCUT2D eigenvalue weighted by molar-refractivity contribution is 0.0488. The topological polar surface area (TPSA) is 142 Å². The standard InChI is InChI=1S/C66H78N4O6/c1-63(2,3)51-37-41(38-52(59(51)71)64(4,5)6)67-69-57-45-29-21-19-27-43(45)55-47(57)31-25-33-49(55)61(73)75-35-23-17-15-13-14-16-18-24-36-76-62(74)50-34-26-32-48-56(50)44-28-20-22-30-46(44)58(48)70-68-42-39-53(65(7,8)9)60(72)54(40-42)66(10,11)12/h19-22,25-34,37-40,67-68,71-72H,13-18,23-24,35-36H2,1-12H3/b69-57+,70-58+. The number of nitrogens with zero attached hydrogens (tertiary/aromatic N) is 2. The molecule has 6 aromatic rings. The molecule has 6 aromatic carbocycles. The zero-order valence-corrected chi connectivity index (χ0v) is 46.9. The maximum atomic E-state index is 13.7. The van der Waals surface area contributed by atoms with Crippen LogP contribution in [0.5, 0.6) is 11.5 Å². The maximum Gasteiger partial charge on any atom is 0.338 e. The van der Waals surface area contributed by atoms with Crippen LogP contribution in [0, 0.1) is 0 Å². The molecule has 0 aromatic heterocycles. The summed E-state index contributed by atoms with van der Waals surface area (Å²) >= 11 is 0. The van der Waals surface area contributed by atoms with E-state index in [0.29, 0.717) is 35.8 Å². The van der Waals surface area contributed by atoms with Crippen molar-refractivity contribution < 1.29 is 29.3 Å². The number of carbonyl (C=O) groups excluding carboxylic acids is 2. The Morgan fingerprint density at radius 2 is 0.697 bits per heavy atom. The molecule has 0 heterocycles. The molecule has 0 aliphatic heterocycles. The van der Waals surface area contributed by atoms with Crippen LogP contribution in [0.25, 0.3) is 22.3 Å². The number of fused-ring (bicyclic) bond motifs is 6. The first kappa shape index (κ1) is 55.0. The van der Waals surface area contributed by atoms with Crippen LogP contribution in [0.15, 0.2) is 119 Å². The molecule has 2 aliphatic rings. The monoisotopic (exact) mass is 1020 g/mol. The smallest absolute Gasteiger partial charge is 0.338 e. The van der Waals surface area contributed by atoms with Crippen molar-refractivity contribution in [1.29, 1.82) is 0 Å². The molecular weight excluding hydrogens is 945 g/mol. The molecule has 0 saturated heterocycles. The Morgan fingerprint density at radius 1 is 0.408 bits per heavy atom. The molecule has 0 spiro atoms. The van der Waals surface area contributed by atoms with Gasteiger partial charge in [-0.25, -0.2) is 9.59 Å². The third-order valence-electron chi connectivity index (χ3n) is 14.5. The van der Waals surface area contributed by atoms with Crippen molar-refractivity contribution in [2.75, 3.05) is 24.1 Å². The van der Waals surface area contributed by atoms with Gasteiger partial charge >= 0.3 is 11.9 Å². The van der Waals surface area contributed by atoms with Gasteiger partial charge in [0.15, 0.2) is 0 Å². The molecule has 0 bridgehead atoms. The van der Waals surface area contributed by atoms with E-state index in [1.54, 1.807) is 0 Å². The number of rotatable bonds is 17. The summed E-state index contributed by atoms with van der Waals surface area (Å²) in [5, 5.41) is 32.5. The number of anilines is 2. The molecule has 0 unspecified atom stereocenters. The number of hydrogen-bond acceptors (Lipinski definition) is 10. The van der Waals surface area contributed by atoms with Gasteiger partial charge in [-0.05, 0) is 82.0 Å². The summed E-state index contributed by atoms with van der Waals surface area (Å²) in [6.07, 6.45) is 7.78. The number of phenolic OH excluding ortho intramolecular Hbond substituents is 2. The van der Waals surface area contributed by atoms with Gasteiger partial charge in [0.1, 0.15) is 11.5 Å². The highest BCUT2D eigenvalue weighted by atomic mass is 16.5. The summed E-state index contributed by atoms with van der Waals surface area (Å²) in [6.45, 7) is 25.8. The van der Waals surface area contributed by atoms with Crippen LogP contribution in [-0.4, -0.2) is 46.8 Å². The Morgan fingerprint density at radius 3 is 1.01 bits per heavy atom. The highest BCUT2D eigenvalue weighted by Crippen LogP contribution is 2.45. The van der Waals surface area contributed by atoms with Gasteiger partial charge in [0, 0.05) is 55.6 Å². The number of nitrogens with one attached hydrogen (secondary N) is 2. The molecule has 398 valence electrons. The van der Waals surface area contributed by atoms with Gasteiger partial charge in [0.05, 0.1) is 47.1 Å². The van der Waals surface area contributed by atoms with E-state index in [9.17, 15) is 19.8 Å². The molecule has 0 atom stereocenters. The lowest BCUT2D eigenvalue weighted by Gasteiger charge is -2.28. The van der Waals surface area contributed by atoms with E-state index in [2.05, 4.69) is 93.9 Å². The van der Waals surface area contributed by atoms with Crippen LogP contribution in [0.1, 0.15) is 200 Å². The summed E-state index contributed by atoms with van der Waals surface area (Å²) in [5.74, 6) is -0.0460. The largest absolute Gasteiger partial charge is 0.507 e. The quantitative estimate of drug-likeness (QED) is 0.0306. The Labute approximate surface area is 451 Å². The highest BCUT2D eigenvalue weighted by Gasteiger charge is 2.33. The van der Waals surface area contributed by atoms with E-state index in [0.717, 1.165) is 141 Å². The Hall–Kier alpha value is -7.20. The van der Waals surface area contributed by atoms with E-state index in [-0.39, 0.29) is 33.6 Å². The van der Waals surface area contributed by atoms with Crippen molar-refractivity contribution in [2.45, 2.75) is 156 Å². The number of phenols is 2. The fourth-order valence-corrected chi connectivity index (χ4v) is 10.4. The molecular formula is C66H78N4O6. The fourth-order valence-electron chi connectivity index (χ4n) is 10.4. The highest BCUT2D eigenvalue weighted by molar-refractivity contribution is 6.27. The van der Waals surface area contributed by atoms with Gasteiger partial charge in [0.2, 0.25) is 0 Å². The summed E-state index contributed by atoms with van der Waals surface area (Å²) in [5.41, 5.74) is 20.1. The summed E-state index contributed by atoms with van der Waals surface area (Å²) < 4.78 is 11.8. The first-order valence-corrected chi connectivity index (χ1v) is 27.2. The lowest BCUT2D eigenvalue weighted by atomic mass is 9.79. The minimum Gasteiger partial charge on any atom is -0.507 e. The Bertz CT molecular complexity index is 2920. The number of carbonyl (C=O) groups is 2. The zero-order chi connectivity index (χ0) is 54.7. The summed E-state index contributed by atoms with van der Waals surface area (Å²) in [7, 11) is 0. The number of hydrazone groups is 2. The average molecular weight is 1020 g/mol. The lowest BCUT2D eigenvalue weighted by Crippen LogP contribution is -2.17. The minimum atomic E-state index is -0.339. The van der Waals surface area contributed by atoms with Crippen LogP contribution in [-0.2, 0) is 31.1 Å². The predicted octanol–water partition coefficient (Wildman–Crippen LogP) is 16.1. The van der Waals surface area contributed by atoms with Crippen LogP contribution < -0.4 is 10.9 Å². The van der Waals surface area contributed by atoms with Crippen molar-refractivity contribution >= 4 is 34.7 Å². The van der Waals surface area contributed by atoms with Crippen LogP contribution >= 0.6 is 0 Å². The van der Waals surface area contributed by atoms with Crippen molar-refractivity contribution in [1.82, 2.24) is 0 Å². The SMILES string of the molecule is CC(C)(C)c1cc(N/N=C2\c3ccccc3-c3c(C(=O)OCCCCCCCCCCOC(=O)c4cccc5c4-c4ccccc4/C5=N\Nc4cc(C(C)(C)C)c(O)c(C(C)(C)C)c4)cccc32)cc(C(C)(C)C)c1O. The summed E-state index contributed by atoms with van der Waals surface area (Å²) in [6, 6.07) is 35.4. The maximum absolute atomic E-state index is 13.7. The van der Waals surface area contributed by atoms with Gasteiger partial charge < -0.3 is 19.7 Å². The van der Waals surface area contributed by atoms with Gasteiger partial charge in [0.25, 0.3) is 0 Å². The molecule has 0 radical (unpaired) electrons. The second-order valence-corrected chi connectivity index (χ2v) is 24.6. The predicted molar refractivity (Wildman–Crippen MR) is 311 cm³/mol. The molecule has 8 rings (SSSR count). The molecule has 0 amide bonds. The fraction of sp³-hybridized carbons (Fsp3) is 0.394. The number of unbranched alkanes of at least 4 members (excludes halogenated alkanes) is 7. The van der Waals surface area contributed by atoms with Crippen molar-refractivity contribution in [3.05, 3.63) is 165 Å². The first-order valence-electron chi connectivity index (χ1n) is 27.2. The number of esters is 2. The minimum absolute atomic E-state index is 0.282. The van der Waals surface area contributed by atoms with Crippen LogP contribution in [0.4, 0.5) is 11.4 Å². The van der Waals surface area contributed by atoms with Crippen LogP contribution in [0.2, 0.25) is 0 Å². The van der Waals surface area contributed by atoms with Gasteiger partial charge in [-0.15, -0.1) is 0 Å². The summed E-state index contributed by atoms with van der Waals surface area (Å²) in [4.78, 5) is 27.4. The number of ether oxygens (including phenoxy) is 2. The Kier molecular flexibility index (Phi) is 16.1. The molecule has 10 heteroatoms. The number of hydrogen-bond donors (Lipinski definition) is 4. The molecule has 0 saturated carbocycles. The van der Waals surface area contributed by atoms with Crippen molar-refractivity contribution in [3.8, 4) is 33.8 Å². The molecule has 0 fully saturated rings. The van der Waals surface area contributed by atoms with Gasteiger partial charge in [-0.1, -0.05) is 194 Å². The zero-order valence-electron chi connectivity index (χ0n) is 46.9. The Balaban J connectivity index is 0.795. The van der Waals surface area contributed by atoms with Crippen molar-refractivity contribution in [2.24, 2.45) is 10.2 Å². The molecule has 10 nitrogen and oxygen atoms in total. The van der Waals surface area contributed by atoms with E-state index in [1.165, 1.54) is 0 Å². The molecule has 76 heavy (non-hydrogen) atoms. The second-order valence-electron chi connectivity index (χ2n) is 24.6. The van der Waals surface area contributed by atoms with E-state index in [4.69, 9.17) is 19.7 Å². The third kappa shape index (κ3) is 11.9. The molecule has 4 N–H and O–H groups in total. The normalized spacial score (nSPS) is 14.1. The second kappa shape index (κ2) is 22.2. The average Bonchev–Trinajstić information content (AvgIpc) is 3.86. The van der Waals surface area contributed by atoms with Crippen LogP contribution in [0.3, 0.4) is 0 Å².